The highest BCUT2D eigenvalue weighted by molar-refractivity contribution is 7.15. The Morgan fingerprint density at radius 3 is 2.74 bits per heavy atom. The predicted molar refractivity (Wildman–Crippen MR) is 125 cm³/mol. The first kappa shape index (κ1) is 19.9. The minimum absolute atomic E-state index is 0.0489. The summed E-state index contributed by atoms with van der Waals surface area (Å²) in [4.78, 5) is 26.2. The van der Waals surface area contributed by atoms with E-state index < -0.39 is 0 Å². The van der Waals surface area contributed by atoms with Gasteiger partial charge in [0.1, 0.15) is 11.3 Å². The van der Waals surface area contributed by atoms with Gasteiger partial charge in [-0.15, -0.1) is 11.3 Å². The molecular weight excluding hydrogens is 404 g/mol. The molecule has 158 valence electrons. The Labute approximate surface area is 186 Å². The highest BCUT2D eigenvalue weighted by atomic mass is 32.1. The number of aromatic nitrogens is 3. The van der Waals surface area contributed by atoms with Gasteiger partial charge in [-0.3, -0.25) is 4.79 Å². The van der Waals surface area contributed by atoms with E-state index in [2.05, 4.69) is 40.7 Å². The van der Waals surface area contributed by atoms with E-state index in [0.29, 0.717) is 5.69 Å². The van der Waals surface area contributed by atoms with Gasteiger partial charge < -0.3 is 9.30 Å². The van der Waals surface area contributed by atoms with Gasteiger partial charge >= 0.3 is 0 Å². The van der Waals surface area contributed by atoms with Crippen molar-refractivity contribution in [3.05, 3.63) is 76.8 Å². The van der Waals surface area contributed by atoms with Gasteiger partial charge in [0.2, 0.25) is 0 Å². The van der Waals surface area contributed by atoms with Crippen LogP contribution in [0.25, 0.3) is 16.1 Å². The van der Waals surface area contributed by atoms with Gasteiger partial charge in [0.15, 0.2) is 0 Å². The van der Waals surface area contributed by atoms with Gasteiger partial charge in [-0.2, -0.15) is 0 Å². The van der Waals surface area contributed by atoms with E-state index in [1.807, 2.05) is 42.3 Å². The molecule has 1 aromatic carbocycles. The number of thiazole rings is 1. The number of aryl methyl sites for hydroxylation is 2. The summed E-state index contributed by atoms with van der Waals surface area (Å²) in [5, 5.41) is 0.923. The fraction of sp³-hybridized carbons (Fsp3) is 0.320. The van der Waals surface area contributed by atoms with Crippen LogP contribution in [-0.4, -0.2) is 37.8 Å². The van der Waals surface area contributed by atoms with Crippen LogP contribution in [0.15, 0.2) is 54.9 Å². The molecule has 0 radical (unpaired) electrons. The molecule has 1 aliphatic rings. The number of nitrogens with zero attached hydrogens (tertiary/aromatic N) is 4. The van der Waals surface area contributed by atoms with Crippen LogP contribution in [0.5, 0.6) is 0 Å². The van der Waals surface area contributed by atoms with Crippen LogP contribution >= 0.6 is 11.3 Å². The molecule has 0 spiro atoms. The number of hydrogen-bond donors (Lipinski definition) is 0. The maximum absolute atomic E-state index is 13.7. The summed E-state index contributed by atoms with van der Waals surface area (Å²) in [6, 6.07) is 14.4. The molecule has 0 N–H and O–H groups in total. The Balaban J connectivity index is 1.44. The number of pyridine rings is 1. The van der Waals surface area contributed by atoms with Gasteiger partial charge in [-0.1, -0.05) is 36.4 Å². The second kappa shape index (κ2) is 8.27. The minimum Gasteiger partial charge on any atom is -0.334 e. The van der Waals surface area contributed by atoms with Gasteiger partial charge in [0.05, 0.1) is 15.6 Å². The highest BCUT2D eigenvalue weighted by Gasteiger charge is 2.31. The molecule has 31 heavy (non-hydrogen) atoms. The third-order valence-electron chi connectivity index (χ3n) is 6.03. The summed E-state index contributed by atoms with van der Waals surface area (Å²) in [5.41, 5.74) is 4.84. The minimum atomic E-state index is 0.0489. The zero-order valence-corrected chi connectivity index (χ0v) is 18.7. The van der Waals surface area contributed by atoms with Gasteiger partial charge in [0.25, 0.3) is 5.91 Å². The normalized spacial score (nSPS) is 16.7. The number of hydrogen-bond acceptors (Lipinski definition) is 4. The summed E-state index contributed by atoms with van der Waals surface area (Å²) in [7, 11) is 0. The number of carbonyl (C=O) groups excluding carboxylic acids is 1. The average Bonchev–Trinajstić information content (AvgIpc) is 3.38. The lowest BCUT2D eigenvalue weighted by molar-refractivity contribution is 0.0608. The lowest BCUT2D eigenvalue weighted by Crippen LogP contribution is -2.45. The lowest BCUT2D eigenvalue weighted by atomic mass is 9.97. The molecule has 1 fully saturated rings. The zero-order chi connectivity index (χ0) is 21.4. The molecule has 4 heterocycles. The van der Waals surface area contributed by atoms with Crippen molar-refractivity contribution >= 4 is 22.9 Å². The molecular formula is C25H26N4OS. The number of piperidine rings is 1. The first-order valence-electron chi connectivity index (χ1n) is 10.9. The summed E-state index contributed by atoms with van der Waals surface area (Å²) in [6.07, 6.45) is 8.09. The van der Waals surface area contributed by atoms with E-state index in [0.717, 1.165) is 64.6 Å². The molecule has 4 aromatic rings. The summed E-state index contributed by atoms with van der Waals surface area (Å²) in [6.45, 7) is 4.83. The number of imidazole rings is 1. The SMILES string of the molecule is Cc1nc(C(=O)N2CCCC[C@H]2Cc2cn3cccc(C)c3n2)c(-c2ccccc2)s1. The molecule has 3 aromatic heterocycles. The van der Waals surface area contributed by atoms with Crippen LogP contribution in [0.2, 0.25) is 0 Å². The number of likely N-dealkylation sites (tertiary alicyclic amines) is 1. The maximum atomic E-state index is 13.7. The Morgan fingerprint density at radius 2 is 1.94 bits per heavy atom. The smallest absolute Gasteiger partial charge is 0.274 e. The molecule has 6 heteroatoms. The van der Waals surface area contributed by atoms with Crippen molar-refractivity contribution in [2.45, 2.75) is 45.6 Å². The van der Waals surface area contributed by atoms with Crippen LogP contribution in [0, 0.1) is 13.8 Å². The van der Waals surface area contributed by atoms with E-state index >= 15 is 0 Å². The van der Waals surface area contributed by atoms with Crippen molar-refractivity contribution in [2.75, 3.05) is 6.54 Å². The number of benzene rings is 1. The summed E-state index contributed by atoms with van der Waals surface area (Å²) >= 11 is 1.60. The summed E-state index contributed by atoms with van der Waals surface area (Å²) < 4.78 is 2.08. The number of rotatable bonds is 4. The molecule has 1 amide bonds. The molecule has 1 aliphatic heterocycles. The summed E-state index contributed by atoms with van der Waals surface area (Å²) in [5.74, 6) is 0.0489. The van der Waals surface area contributed by atoms with Crippen LogP contribution in [0.1, 0.15) is 46.0 Å². The molecule has 1 atom stereocenters. The molecule has 5 rings (SSSR count). The largest absolute Gasteiger partial charge is 0.334 e. The third kappa shape index (κ3) is 3.88. The standard InChI is InChI=1S/C25H26N4OS/c1-17-9-8-13-28-16-20(27-24(17)28)15-21-12-6-7-14-29(21)25(30)22-23(31-18(2)26-22)19-10-4-3-5-11-19/h3-5,8-11,13,16,21H,6-7,12,14-15H2,1-2H3/t21-/m0/s1. The van der Waals surface area contributed by atoms with Crippen molar-refractivity contribution < 1.29 is 4.79 Å². The van der Waals surface area contributed by atoms with Gasteiger partial charge in [-0.25, -0.2) is 9.97 Å². The average molecular weight is 431 g/mol. The molecule has 1 saturated heterocycles. The number of carbonyl (C=O) groups is 1. The number of amides is 1. The molecule has 0 aliphatic carbocycles. The number of fused-ring (bicyclic) bond motifs is 1. The van der Waals surface area contributed by atoms with Crippen LogP contribution in [0.3, 0.4) is 0 Å². The molecule has 0 unspecified atom stereocenters. The Morgan fingerprint density at radius 1 is 1.10 bits per heavy atom. The third-order valence-corrected chi connectivity index (χ3v) is 7.05. The van der Waals surface area contributed by atoms with E-state index in [9.17, 15) is 4.79 Å². The molecule has 0 saturated carbocycles. The van der Waals surface area contributed by atoms with Crippen molar-refractivity contribution in [3.63, 3.8) is 0 Å². The fourth-order valence-corrected chi connectivity index (χ4v) is 5.43. The Hall–Kier alpha value is -2.99. The fourth-order valence-electron chi connectivity index (χ4n) is 4.52. The van der Waals surface area contributed by atoms with Crippen molar-refractivity contribution in [1.29, 1.82) is 0 Å². The monoisotopic (exact) mass is 430 g/mol. The highest BCUT2D eigenvalue weighted by Crippen LogP contribution is 2.32. The second-order valence-electron chi connectivity index (χ2n) is 8.28. The zero-order valence-electron chi connectivity index (χ0n) is 17.9. The second-order valence-corrected chi connectivity index (χ2v) is 9.49. The van der Waals surface area contributed by atoms with Gasteiger partial charge in [0, 0.05) is 31.4 Å². The van der Waals surface area contributed by atoms with Gasteiger partial charge in [-0.05, 0) is 50.3 Å². The topological polar surface area (TPSA) is 50.5 Å². The molecule has 0 bridgehead atoms. The van der Waals surface area contributed by atoms with Crippen LogP contribution in [0.4, 0.5) is 0 Å². The van der Waals surface area contributed by atoms with E-state index in [1.54, 1.807) is 11.3 Å². The van der Waals surface area contributed by atoms with Crippen molar-refractivity contribution in [3.8, 4) is 10.4 Å². The maximum Gasteiger partial charge on any atom is 0.274 e. The van der Waals surface area contributed by atoms with Crippen molar-refractivity contribution in [1.82, 2.24) is 19.3 Å². The van der Waals surface area contributed by atoms with E-state index in [-0.39, 0.29) is 11.9 Å². The van der Waals surface area contributed by atoms with Crippen LogP contribution < -0.4 is 0 Å². The molecule has 5 nitrogen and oxygen atoms in total. The first-order chi connectivity index (χ1) is 15.1. The Kier molecular flexibility index (Phi) is 5.32. The first-order valence-corrected chi connectivity index (χ1v) is 11.7. The van der Waals surface area contributed by atoms with E-state index in [4.69, 9.17) is 4.98 Å². The van der Waals surface area contributed by atoms with Crippen LogP contribution in [-0.2, 0) is 6.42 Å². The lowest BCUT2D eigenvalue weighted by Gasteiger charge is -2.35. The predicted octanol–water partition coefficient (Wildman–Crippen LogP) is 5.31. The Bertz CT molecular complexity index is 1230. The van der Waals surface area contributed by atoms with Crippen molar-refractivity contribution in [2.24, 2.45) is 0 Å². The quantitative estimate of drug-likeness (QED) is 0.441. The van der Waals surface area contributed by atoms with E-state index in [1.165, 1.54) is 0 Å².